The molecule has 1 unspecified atom stereocenters. The van der Waals surface area contributed by atoms with E-state index in [2.05, 4.69) is 21.9 Å². The minimum Gasteiger partial charge on any atom is -0.493 e. The Morgan fingerprint density at radius 1 is 1.00 bits per heavy atom. The number of β-amino-alcohol motifs (C(OH)–C–C–N with tert-alkyl or cyclic N) is 1. The maximum absolute atomic E-state index is 10.4. The molecule has 1 aromatic rings. The molecule has 1 N–H and O–H groups in total. The molecule has 2 aliphatic rings. The van der Waals surface area contributed by atoms with E-state index in [-0.39, 0.29) is 0 Å². The molecule has 6 nitrogen and oxygen atoms in total. The van der Waals surface area contributed by atoms with Crippen LogP contribution < -0.4 is 9.47 Å². The number of rotatable bonds is 10. The summed E-state index contributed by atoms with van der Waals surface area (Å²) in [4.78, 5) is 4.82. The van der Waals surface area contributed by atoms with Crippen LogP contribution in [-0.2, 0) is 11.3 Å². The fourth-order valence-electron chi connectivity index (χ4n) is 4.42. The lowest BCUT2D eigenvalue weighted by atomic mass is 9.97. The van der Waals surface area contributed by atoms with Crippen molar-refractivity contribution in [2.75, 3.05) is 60.2 Å². The van der Waals surface area contributed by atoms with E-state index in [9.17, 15) is 5.11 Å². The highest BCUT2D eigenvalue weighted by atomic mass is 16.5. The van der Waals surface area contributed by atoms with Crippen molar-refractivity contribution in [1.29, 1.82) is 0 Å². The first-order valence-electron chi connectivity index (χ1n) is 11.1. The van der Waals surface area contributed by atoms with Gasteiger partial charge in [0.2, 0.25) is 0 Å². The molecule has 0 aromatic heterocycles. The van der Waals surface area contributed by atoms with Crippen LogP contribution >= 0.6 is 0 Å². The maximum atomic E-state index is 10.4. The summed E-state index contributed by atoms with van der Waals surface area (Å²) >= 11 is 0. The third-order valence-electron chi connectivity index (χ3n) is 6.09. The van der Waals surface area contributed by atoms with Crippen LogP contribution in [0.1, 0.15) is 37.7 Å². The zero-order chi connectivity index (χ0) is 20.5. The monoisotopic (exact) mass is 406 g/mol. The van der Waals surface area contributed by atoms with Crippen LogP contribution in [-0.4, -0.2) is 81.2 Å². The average Bonchev–Trinajstić information content (AvgIpc) is 2.75. The van der Waals surface area contributed by atoms with Gasteiger partial charge in [0.1, 0.15) is 12.7 Å². The molecule has 0 amide bonds. The van der Waals surface area contributed by atoms with E-state index in [4.69, 9.17) is 14.2 Å². The minimum atomic E-state index is -0.485. The first-order chi connectivity index (χ1) is 14.2. The van der Waals surface area contributed by atoms with Crippen LogP contribution in [0.4, 0.5) is 0 Å². The number of aliphatic hydroxyl groups excluding tert-OH is 1. The Kier molecular flexibility index (Phi) is 9.05. The summed E-state index contributed by atoms with van der Waals surface area (Å²) < 4.78 is 16.7. The predicted octanol–water partition coefficient (Wildman–Crippen LogP) is 2.78. The number of hydrogen-bond acceptors (Lipinski definition) is 6. The first kappa shape index (κ1) is 22.3. The summed E-state index contributed by atoms with van der Waals surface area (Å²) in [5, 5.41) is 10.4. The highest BCUT2D eigenvalue weighted by molar-refractivity contribution is 5.43. The van der Waals surface area contributed by atoms with E-state index >= 15 is 0 Å². The second kappa shape index (κ2) is 11.7. The zero-order valence-corrected chi connectivity index (χ0v) is 18.1. The maximum Gasteiger partial charge on any atom is 0.161 e. The second-order valence-electron chi connectivity index (χ2n) is 8.49. The molecular formula is C23H38N2O4. The molecule has 29 heavy (non-hydrogen) atoms. The first-order valence-corrected chi connectivity index (χ1v) is 11.1. The van der Waals surface area contributed by atoms with Crippen molar-refractivity contribution >= 4 is 0 Å². The molecular weight excluding hydrogens is 368 g/mol. The zero-order valence-electron chi connectivity index (χ0n) is 18.1. The highest BCUT2D eigenvalue weighted by Crippen LogP contribution is 2.29. The number of hydrogen-bond donors (Lipinski definition) is 1. The largest absolute Gasteiger partial charge is 0.493 e. The lowest BCUT2D eigenvalue weighted by molar-refractivity contribution is 0.0607. The van der Waals surface area contributed by atoms with Gasteiger partial charge in [0, 0.05) is 26.8 Å². The van der Waals surface area contributed by atoms with Gasteiger partial charge in [-0.1, -0.05) is 12.5 Å². The number of piperidine rings is 2. The lowest BCUT2D eigenvalue weighted by Crippen LogP contribution is -2.38. The molecule has 0 radical (unpaired) electrons. The van der Waals surface area contributed by atoms with Gasteiger partial charge in [-0.3, -0.25) is 4.90 Å². The molecule has 0 aliphatic carbocycles. The van der Waals surface area contributed by atoms with Gasteiger partial charge in [-0.25, -0.2) is 0 Å². The fraction of sp³-hybridized carbons (Fsp3) is 0.739. The smallest absolute Gasteiger partial charge is 0.161 e. The van der Waals surface area contributed by atoms with Gasteiger partial charge in [-0.05, 0) is 75.5 Å². The van der Waals surface area contributed by atoms with Crippen molar-refractivity contribution < 1.29 is 19.3 Å². The van der Waals surface area contributed by atoms with Gasteiger partial charge in [0.25, 0.3) is 0 Å². The summed E-state index contributed by atoms with van der Waals surface area (Å²) in [6, 6.07) is 6.14. The van der Waals surface area contributed by atoms with Gasteiger partial charge < -0.3 is 24.2 Å². The van der Waals surface area contributed by atoms with Crippen molar-refractivity contribution in [3.8, 4) is 11.5 Å². The van der Waals surface area contributed by atoms with Crippen LogP contribution in [0, 0.1) is 5.92 Å². The van der Waals surface area contributed by atoms with Crippen LogP contribution in [0.2, 0.25) is 0 Å². The summed E-state index contributed by atoms with van der Waals surface area (Å²) in [6.45, 7) is 7.12. The van der Waals surface area contributed by atoms with E-state index in [1.807, 2.05) is 6.07 Å². The Bertz CT molecular complexity index is 599. The van der Waals surface area contributed by atoms with Crippen molar-refractivity contribution in [3.05, 3.63) is 23.8 Å². The summed E-state index contributed by atoms with van der Waals surface area (Å²) in [7, 11) is 3.45. The Morgan fingerprint density at radius 2 is 1.76 bits per heavy atom. The van der Waals surface area contributed by atoms with Crippen LogP contribution in [0.15, 0.2) is 18.2 Å². The molecule has 0 saturated carbocycles. The van der Waals surface area contributed by atoms with Crippen molar-refractivity contribution in [3.63, 3.8) is 0 Å². The van der Waals surface area contributed by atoms with Gasteiger partial charge in [0.05, 0.1) is 7.11 Å². The van der Waals surface area contributed by atoms with E-state index < -0.39 is 6.10 Å². The molecule has 1 atom stereocenters. The Balaban J connectivity index is 1.50. The van der Waals surface area contributed by atoms with Gasteiger partial charge in [-0.15, -0.1) is 0 Å². The molecule has 6 heteroatoms. The molecule has 1 aromatic carbocycles. The summed E-state index contributed by atoms with van der Waals surface area (Å²) in [5.41, 5.74) is 1.22. The Labute approximate surface area is 175 Å². The highest BCUT2D eigenvalue weighted by Gasteiger charge is 2.20. The van der Waals surface area contributed by atoms with E-state index in [1.54, 1.807) is 14.2 Å². The summed E-state index contributed by atoms with van der Waals surface area (Å²) in [5.74, 6) is 2.13. The lowest BCUT2D eigenvalue weighted by Gasteiger charge is -2.31. The Morgan fingerprint density at radius 3 is 2.45 bits per heavy atom. The molecule has 2 saturated heterocycles. The molecule has 2 fully saturated rings. The topological polar surface area (TPSA) is 54.4 Å². The number of likely N-dealkylation sites (tertiary alicyclic amines) is 2. The number of nitrogens with zero attached hydrogens (tertiary/aromatic N) is 2. The molecule has 164 valence electrons. The van der Waals surface area contributed by atoms with Crippen LogP contribution in [0.3, 0.4) is 0 Å². The third-order valence-corrected chi connectivity index (χ3v) is 6.09. The van der Waals surface area contributed by atoms with Crippen molar-refractivity contribution in [2.45, 2.75) is 44.8 Å². The van der Waals surface area contributed by atoms with Gasteiger partial charge in [-0.2, -0.15) is 0 Å². The normalized spacial score (nSPS) is 20.5. The van der Waals surface area contributed by atoms with Crippen molar-refractivity contribution in [1.82, 2.24) is 9.80 Å². The van der Waals surface area contributed by atoms with Crippen molar-refractivity contribution in [2.24, 2.45) is 5.92 Å². The third kappa shape index (κ3) is 7.14. The van der Waals surface area contributed by atoms with Gasteiger partial charge in [0.15, 0.2) is 11.5 Å². The van der Waals surface area contributed by atoms with Gasteiger partial charge >= 0.3 is 0 Å². The molecule has 0 spiro atoms. The molecule has 3 rings (SSSR count). The molecule has 0 bridgehead atoms. The molecule has 2 heterocycles. The SMILES string of the molecule is COCC1CCN(Cc2ccc(OC)c(OCC(O)CN3CCCCC3)c2)CC1. The predicted molar refractivity (Wildman–Crippen MR) is 115 cm³/mol. The van der Waals surface area contributed by atoms with Crippen LogP contribution in [0.5, 0.6) is 11.5 Å². The number of benzene rings is 1. The standard InChI is InChI=1S/C23H38N2O4/c1-27-17-19-8-12-25(13-9-19)15-20-6-7-22(28-2)23(14-20)29-18-21(26)16-24-10-4-3-5-11-24/h6-7,14,19,21,26H,3-5,8-13,15-18H2,1-2H3. The molecule has 2 aliphatic heterocycles. The number of aliphatic hydroxyl groups is 1. The number of ether oxygens (including phenoxy) is 3. The van der Waals surface area contributed by atoms with E-state index in [0.717, 1.165) is 50.8 Å². The van der Waals surface area contributed by atoms with E-state index in [1.165, 1.54) is 37.7 Å². The number of methoxy groups -OCH3 is 2. The second-order valence-corrected chi connectivity index (χ2v) is 8.49. The quantitative estimate of drug-likeness (QED) is 0.645. The Hall–Kier alpha value is -1.34. The summed E-state index contributed by atoms with van der Waals surface area (Å²) in [6.07, 6.45) is 5.66. The average molecular weight is 407 g/mol. The van der Waals surface area contributed by atoms with Crippen LogP contribution in [0.25, 0.3) is 0 Å². The van der Waals surface area contributed by atoms with E-state index in [0.29, 0.717) is 19.1 Å². The fourth-order valence-corrected chi connectivity index (χ4v) is 4.42. The minimum absolute atomic E-state index is 0.290.